The summed E-state index contributed by atoms with van der Waals surface area (Å²) in [6.07, 6.45) is 0. The van der Waals surface area contributed by atoms with E-state index in [1.807, 2.05) is 19.1 Å². The predicted molar refractivity (Wildman–Crippen MR) is 93.6 cm³/mol. The van der Waals surface area contributed by atoms with Gasteiger partial charge in [0, 0.05) is 5.39 Å². The zero-order valence-corrected chi connectivity index (χ0v) is 14.1. The zero-order chi connectivity index (χ0) is 18.6. The van der Waals surface area contributed by atoms with Crippen LogP contribution in [0.25, 0.3) is 10.8 Å². The highest BCUT2D eigenvalue weighted by atomic mass is 32.2. The summed E-state index contributed by atoms with van der Waals surface area (Å²) in [6.45, 7) is 1.84. The van der Waals surface area contributed by atoms with Gasteiger partial charge in [-0.3, -0.25) is 4.55 Å². The SMILES string of the molecule is Cc1ccc(S(=O)(=O)O)cc1.O=C(O)c1ccc2ccccc2c1O. The van der Waals surface area contributed by atoms with Crippen molar-refractivity contribution in [3.63, 3.8) is 0 Å². The molecular weight excluding hydrogens is 344 g/mol. The van der Waals surface area contributed by atoms with Gasteiger partial charge >= 0.3 is 5.97 Å². The average Bonchev–Trinajstić information content (AvgIpc) is 2.55. The van der Waals surface area contributed by atoms with Gasteiger partial charge in [-0.1, -0.05) is 48.0 Å². The summed E-state index contributed by atoms with van der Waals surface area (Å²) in [7, 11) is -4.02. The van der Waals surface area contributed by atoms with Crippen LogP contribution in [-0.4, -0.2) is 29.2 Å². The van der Waals surface area contributed by atoms with Crippen LogP contribution in [0.1, 0.15) is 15.9 Å². The van der Waals surface area contributed by atoms with Crippen LogP contribution in [0.2, 0.25) is 0 Å². The number of rotatable bonds is 2. The van der Waals surface area contributed by atoms with Gasteiger partial charge in [-0.2, -0.15) is 8.42 Å². The highest BCUT2D eigenvalue weighted by molar-refractivity contribution is 7.85. The largest absolute Gasteiger partial charge is 0.506 e. The molecule has 0 fully saturated rings. The second-order valence-electron chi connectivity index (χ2n) is 5.28. The zero-order valence-electron chi connectivity index (χ0n) is 13.2. The summed E-state index contributed by atoms with van der Waals surface area (Å²) < 4.78 is 29.6. The summed E-state index contributed by atoms with van der Waals surface area (Å²) in [5.41, 5.74) is 0.890. The molecule has 0 amide bonds. The highest BCUT2D eigenvalue weighted by Crippen LogP contribution is 2.28. The maximum absolute atomic E-state index is 10.7. The van der Waals surface area contributed by atoms with E-state index in [1.54, 1.807) is 30.3 Å². The molecule has 130 valence electrons. The molecule has 0 saturated heterocycles. The van der Waals surface area contributed by atoms with Gasteiger partial charge in [0.1, 0.15) is 11.3 Å². The third kappa shape index (κ3) is 4.56. The van der Waals surface area contributed by atoms with Crippen LogP contribution in [-0.2, 0) is 10.1 Å². The van der Waals surface area contributed by atoms with Crippen molar-refractivity contribution in [3.8, 4) is 5.75 Å². The van der Waals surface area contributed by atoms with Crippen molar-refractivity contribution in [2.24, 2.45) is 0 Å². The van der Waals surface area contributed by atoms with Gasteiger partial charge in [-0.05, 0) is 30.5 Å². The maximum atomic E-state index is 10.7. The number of carboxylic acid groups (broad SMARTS) is 1. The molecule has 0 aliphatic rings. The molecular formula is C18H16O6S. The monoisotopic (exact) mass is 360 g/mol. The standard InChI is InChI=1S/C11H8O3.C7H8O3S/c12-10-8-4-2-1-3-7(8)5-6-9(10)11(13)14;1-6-2-4-7(5-3-6)11(8,9)10/h1-6,12H,(H,13,14);2-5H,1H3,(H,8,9,10). The van der Waals surface area contributed by atoms with E-state index in [4.69, 9.17) is 9.66 Å². The lowest BCUT2D eigenvalue weighted by molar-refractivity contribution is 0.0694. The van der Waals surface area contributed by atoms with E-state index in [0.717, 1.165) is 10.9 Å². The molecule has 7 heteroatoms. The molecule has 0 bridgehead atoms. The fourth-order valence-corrected chi connectivity index (χ4v) is 2.62. The molecule has 0 atom stereocenters. The first-order valence-electron chi connectivity index (χ1n) is 7.18. The van der Waals surface area contributed by atoms with Gasteiger partial charge in [0.25, 0.3) is 10.1 Å². The molecule has 3 aromatic carbocycles. The minimum Gasteiger partial charge on any atom is -0.506 e. The van der Waals surface area contributed by atoms with Crippen LogP contribution in [0.5, 0.6) is 5.75 Å². The van der Waals surface area contributed by atoms with E-state index < -0.39 is 16.1 Å². The molecule has 6 nitrogen and oxygen atoms in total. The number of aryl methyl sites for hydroxylation is 1. The summed E-state index contributed by atoms with van der Waals surface area (Å²) in [5.74, 6) is -1.29. The normalized spacial score (nSPS) is 10.8. The molecule has 0 aliphatic carbocycles. The second kappa shape index (κ2) is 7.33. The minimum atomic E-state index is -4.02. The summed E-state index contributed by atoms with van der Waals surface area (Å²) in [4.78, 5) is 10.6. The number of hydrogen-bond acceptors (Lipinski definition) is 4. The molecule has 0 unspecified atom stereocenters. The van der Waals surface area contributed by atoms with E-state index >= 15 is 0 Å². The average molecular weight is 360 g/mol. The number of benzene rings is 3. The number of aromatic hydroxyl groups is 1. The van der Waals surface area contributed by atoms with Crippen molar-refractivity contribution in [1.29, 1.82) is 0 Å². The van der Waals surface area contributed by atoms with Crippen LogP contribution in [0.4, 0.5) is 0 Å². The van der Waals surface area contributed by atoms with E-state index in [1.165, 1.54) is 18.2 Å². The molecule has 25 heavy (non-hydrogen) atoms. The lowest BCUT2D eigenvalue weighted by Crippen LogP contribution is -1.96. The first-order chi connectivity index (χ1) is 11.7. The van der Waals surface area contributed by atoms with Gasteiger partial charge in [0.15, 0.2) is 0 Å². The quantitative estimate of drug-likeness (QED) is 0.603. The lowest BCUT2D eigenvalue weighted by Gasteiger charge is -2.03. The van der Waals surface area contributed by atoms with Gasteiger partial charge in [-0.15, -0.1) is 0 Å². The summed E-state index contributed by atoms with van der Waals surface area (Å²) in [6, 6.07) is 16.2. The van der Waals surface area contributed by atoms with Crippen LogP contribution in [0, 0.1) is 6.92 Å². The topological polar surface area (TPSA) is 112 Å². The third-order valence-electron chi connectivity index (χ3n) is 3.45. The van der Waals surface area contributed by atoms with Gasteiger partial charge < -0.3 is 10.2 Å². The van der Waals surface area contributed by atoms with Crippen LogP contribution < -0.4 is 0 Å². The predicted octanol–water partition coefficient (Wildman–Crippen LogP) is 3.49. The fraction of sp³-hybridized carbons (Fsp3) is 0.0556. The first-order valence-corrected chi connectivity index (χ1v) is 8.62. The Bertz CT molecular complexity index is 1010. The van der Waals surface area contributed by atoms with E-state index in [2.05, 4.69) is 0 Å². The number of carbonyl (C=O) groups is 1. The Hall–Kier alpha value is -2.90. The molecule has 3 rings (SSSR count). The van der Waals surface area contributed by atoms with Crippen molar-refractivity contribution in [1.82, 2.24) is 0 Å². The Labute approximate surface area is 144 Å². The number of aromatic carboxylic acids is 1. The van der Waals surface area contributed by atoms with Crippen LogP contribution in [0.3, 0.4) is 0 Å². The fourth-order valence-electron chi connectivity index (χ4n) is 2.14. The highest BCUT2D eigenvalue weighted by Gasteiger charge is 2.11. The second-order valence-corrected chi connectivity index (χ2v) is 6.70. The van der Waals surface area contributed by atoms with E-state index in [0.29, 0.717) is 5.39 Å². The minimum absolute atomic E-state index is 0.0660. The third-order valence-corrected chi connectivity index (χ3v) is 4.32. The lowest BCUT2D eigenvalue weighted by atomic mass is 10.1. The molecule has 3 aromatic rings. The number of phenols is 1. The Morgan fingerprint density at radius 3 is 2.08 bits per heavy atom. The Morgan fingerprint density at radius 1 is 0.920 bits per heavy atom. The summed E-state index contributed by atoms with van der Waals surface area (Å²) >= 11 is 0. The smallest absolute Gasteiger partial charge is 0.339 e. The van der Waals surface area contributed by atoms with Crippen LogP contribution >= 0.6 is 0 Å². The molecule has 0 radical (unpaired) electrons. The first kappa shape index (κ1) is 18.4. The molecule has 0 spiro atoms. The number of hydrogen-bond donors (Lipinski definition) is 3. The van der Waals surface area contributed by atoms with Gasteiger partial charge in [0.05, 0.1) is 4.90 Å². The maximum Gasteiger partial charge on any atom is 0.339 e. The van der Waals surface area contributed by atoms with E-state index in [9.17, 15) is 18.3 Å². The molecule has 3 N–H and O–H groups in total. The van der Waals surface area contributed by atoms with Crippen molar-refractivity contribution < 1.29 is 28.0 Å². The number of fused-ring (bicyclic) bond motifs is 1. The van der Waals surface area contributed by atoms with Crippen molar-refractivity contribution in [2.45, 2.75) is 11.8 Å². The molecule has 0 aliphatic heterocycles. The Morgan fingerprint density at radius 2 is 1.52 bits per heavy atom. The van der Waals surface area contributed by atoms with Crippen LogP contribution in [0.15, 0.2) is 65.6 Å². The molecule has 0 aromatic heterocycles. The molecule has 0 saturated carbocycles. The Balaban J connectivity index is 0.000000186. The van der Waals surface area contributed by atoms with Gasteiger partial charge in [-0.25, -0.2) is 4.79 Å². The van der Waals surface area contributed by atoms with Crippen molar-refractivity contribution in [3.05, 3.63) is 71.8 Å². The summed E-state index contributed by atoms with van der Waals surface area (Å²) in [5, 5.41) is 19.8. The van der Waals surface area contributed by atoms with Gasteiger partial charge in [0.2, 0.25) is 0 Å². The van der Waals surface area contributed by atoms with Crippen molar-refractivity contribution >= 4 is 26.9 Å². The Kier molecular flexibility index (Phi) is 5.41. The van der Waals surface area contributed by atoms with Crippen molar-refractivity contribution in [2.75, 3.05) is 0 Å². The number of carboxylic acids is 1. The van der Waals surface area contributed by atoms with E-state index in [-0.39, 0.29) is 16.2 Å². The molecule has 0 heterocycles.